The van der Waals surface area contributed by atoms with Crippen LogP contribution in [0.25, 0.3) is 0 Å². The number of hydrogen-bond acceptors (Lipinski definition) is 5. The van der Waals surface area contributed by atoms with E-state index in [1.165, 1.54) is 19.2 Å². The molecule has 1 aromatic rings. The van der Waals surface area contributed by atoms with E-state index < -0.39 is 10.0 Å². The van der Waals surface area contributed by atoms with Crippen LogP contribution in [0.3, 0.4) is 0 Å². The molecular weight excluding hydrogens is 282 g/mol. The number of nitrogens with one attached hydrogen (secondary N) is 1. The number of aliphatic hydroxyl groups excluding tert-OH is 1. The lowest BCUT2D eigenvalue weighted by molar-refractivity contribution is 0.133. The van der Waals surface area contributed by atoms with Gasteiger partial charge in [-0.1, -0.05) is 6.07 Å². The fraction of sp³-hybridized carbons (Fsp3) is 0.538. The number of rotatable bonds is 8. The van der Waals surface area contributed by atoms with Gasteiger partial charge in [-0.3, -0.25) is 0 Å². The summed E-state index contributed by atoms with van der Waals surface area (Å²) >= 11 is 0. The Bertz CT molecular complexity index is 530. The maximum Gasteiger partial charge on any atom is 0.244 e. The highest BCUT2D eigenvalue weighted by Crippen LogP contribution is 2.25. The molecule has 2 N–H and O–H groups in total. The zero-order valence-electron chi connectivity index (χ0n) is 11.9. The van der Waals surface area contributed by atoms with Gasteiger partial charge < -0.3 is 14.6 Å². The van der Waals surface area contributed by atoms with E-state index in [4.69, 9.17) is 14.6 Å². The molecule has 0 saturated carbocycles. The number of methoxy groups -OCH3 is 1. The standard InChI is InChI=1S/C13H21NO5S/c1-4-19-9-10(2)14-20(16,17)13-6-5-11(8-15)7-12(13)18-3/h5-7,10,14-15H,4,8-9H2,1-3H3. The van der Waals surface area contributed by atoms with Crippen molar-refractivity contribution in [2.75, 3.05) is 20.3 Å². The first-order valence-electron chi connectivity index (χ1n) is 6.32. The van der Waals surface area contributed by atoms with Crippen LogP contribution >= 0.6 is 0 Å². The summed E-state index contributed by atoms with van der Waals surface area (Å²) in [6.07, 6.45) is 0. The predicted molar refractivity (Wildman–Crippen MR) is 75.2 cm³/mol. The molecule has 1 unspecified atom stereocenters. The average Bonchev–Trinajstić information content (AvgIpc) is 2.43. The molecule has 114 valence electrons. The van der Waals surface area contributed by atoms with Crippen molar-refractivity contribution in [2.45, 2.75) is 31.4 Å². The molecule has 0 aliphatic heterocycles. The monoisotopic (exact) mass is 303 g/mol. The maximum absolute atomic E-state index is 12.3. The smallest absolute Gasteiger partial charge is 0.244 e. The Kier molecular flexibility index (Phi) is 6.41. The topological polar surface area (TPSA) is 84.9 Å². The largest absolute Gasteiger partial charge is 0.495 e. The van der Waals surface area contributed by atoms with Crippen molar-refractivity contribution in [1.82, 2.24) is 4.72 Å². The fourth-order valence-corrected chi connectivity index (χ4v) is 3.07. The van der Waals surface area contributed by atoms with Crippen LogP contribution in [-0.2, 0) is 21.4 Å². The maximum atomic E-state index is 12.3. The van der Waals surface area contributed by atoms with Gasteiger partial charge in [-0.15, -0.1) is 0 Å². The molecule has 0 spiro atoms. The van der Waals surface area contributed by atoms with Gasteiger partial charge >= 0.3 is 0 Å². The second-order valence-electron chi connectivity index (χ2n) is 4.33. The Morgan fingerprint density at radius 1 is 1.40 bits per heavy atom. The molecule has 0 heterocycles. The van der Waals surface area contributed by atoms with E-state index in [-0.39, 0.29) is 23.3 Å². The van der Waals surface area contributed by atoms with Gasteiger partial charge in [0.2, 0.25) is 10.0 Å². The van der Waals surface area contributed by atoms with Gasteiger partial charge in [0.05, 0.1) is 20.3 Å². The average molecular weight is 303 g/mol. The second kappa shape index (κ2) is 7.58. The molecule has 0 fully saturated rings. The Labute approximate surface area is 119 Å². The summed E-state index contributed by atoms with van der Waals surface area (Å²) in [6, 6.07) is 4.12. The SMILES string of the molecule is CCOCC(C)NS(=O)(=O)c1ccc(CO)cc1OC. The normalized spacial score (nSPS) is 13.2. The van der Waals surface area contributed by atoms with Crippen LogP contribution in [0.1, 0.15) is 19.4 Å². The summed E-state index contributed by atoms with van der Waals surface area (Å²) in [4.78, 5) is 0.0422. The summed E-state index contributed by atoms with van der Waals surface area (Å²) < 4.78 is 37.3. The van der Waals surface area contributed by atoms with Crippen LogP contribution in [0.5, 0.6) is 5.75 Å². The van der Waals surface area contributed by atoms with E-state index >= 15 is 0 Å². The lowest BCUT2D eigenvalue weighted by Gasteiger charge is -2.16. The third kappa shape index (κ3) is 4.45. The summed E-state index contributed by atoms with van der Waals surface area (Å²) in [5, 5.41) is 9.06. The molecule has 1 rings (SSSR count). The first-order valence-corrected chi connectivity index (χ1v) is 7.80. The molecule has 1 aromatic carbocycles. The zero-order chi connectivity index (χ0) is 15.2. The van der Waals surface area contributed by atoms with Crippen LogP contribution in [0.2, 0.25) is 0 Å². The van der Waals surface area contributed by atoms with Crippen molar-refractivity contribution in [3.8, 4) is 5.75 Å². The number of benzene rings is 1. The highest BCUT2D eigenvalue weighted by atomic mass is 32.2. The molecule has 0 amide bonds. The lowest BCUT2D eigenvalue weighted by Crippen LogP contribution is -2.36. The van der Waals surface area contributed by atoms with E-state index in [1.54, 1.807) is 13.0 Å². The Balaban J connectivity index is 2.97. The van der Waals surface area contributed by atoms with Crippen molar-refractivity contribution in [1.29, 1.82) is 0 Å². The molecule has 0 bridgehead atoms. The van der Waals surface area contributed by atoms with E-state index in [2.05, 4.69) is 4.72 Å². The Morgan fingerprint density at radius 3 is 2.65 bits per heavy atom. The molecule has 6 nitrogen and oxygen atoms in total. The first kappa shape index (κ1) is 16.9. The van der Waals surface area contributed by atoms with E-state index in [1.807, 2.05) is 6.92 Å². The zero-order valence-corrected chi connectivity index (χ0v) is 12.7. The van der Waals surface area contributed by atoms with Gasteiger partial charge in [-0.05, 0) is 31.5 Å². The van der Waals surface area contributed by atoms with E-state index in [9.17, 15) is 8.42 Å². The molecule has 0 radical (unpaired) electrons. The summed E-state index contributed by atoms with van der Waals surface area (Å²) in [6.45, 7) is 4.22. The highest BCUT2D eigenvalue weighted by molar-refractivity contribution is 7.89. The summed E-state index contributed by atoms with van der Waals surface area (Å²) in [7, 11) is -2.31. The minimum Gasteiger partial charge on any atom is -0.495 e. The van der Waals surface area contributed by atoms with Crippen molar-refractivity contribution in [3.05, 3.63) is 23.8 Å². The van der Waals surface area contributed by atoms with Gasteiger partial charge in [0, 0.05) is 12.6 Å². The first-order chi connectivity index (χ1) is 9.44. The fourth-order valence-electron chi connectivity index (χ4n) is 1.69. The van der Waals surface area contributed by atoms with Gasteiger partial charge in [-0.25, -0.2) is 13.1 Å². The summed E-state index contributed by atoms with van der Waals surface area (Å²) in [5.74, 6) is 0.202. The van der Waals surface area contributed by atoms with Crippen molar-refractivity contribution in [3.63, 3.8) is 0 Å². The van der Waals surface area contributed by atoms with Crippen molar-refractivity contribution >= 4 is 10.0 Å². The minimum absolute atomic E-state index is 0.0422. The van der Waals surface area contributed by atoms with Crippen LogP contribution in [0, 0.1) is 0 Å². The molecule has 7 heteroatoms. The van der Waals surface area contributed by atoms with Crippen LogP contribution in [0.15, 0.2) is 23.1 Å². The van der Waals surface area contributed by atoms with Crippen LogP contribution in [0.4, 0.5) is 0 Å². The van der Waals surface area contributed by atoms with Gasteiger partial charge in [0.1, 0.15) is 10.6 Å². The molecular formula is C13H21NO5S. The van der Waals surface area contributed by atoms with Gasteiger partial charge in [-0.2, -0.15) is 0 Å². The van der Waals surface area contributed by atoms with E-state index in [0.29, 0.717) is 18.8 Å². The second-order valence-corrected chi connectivity index (χ2v) is 6.01. The quantitative estimate of drug-likeness (QED) is 0.745. The summed E-state index contributed by atoms with van der Waals surface area (Å²) in [5.41, 5.74) is 0.586. The highest BCUT2D eigenvalue weighted by Gasteiger charge is 2.22. The number of hydrogen-bond donors (Lipinski definition) is 2. The molecule has 0 aliphatic carbocycles. The number of aliphatic hydroxyl groups is 1. The molecule has 1 atom stereocenters. The molecule has 0 aliphatic rings. The number of sulfonamides is 1. The predicted octanol–water partition coefficient (Wildman–Crippen LogP) is 0.891. The Morgan fingerprint density at radius 2 is 2.10 bits per heavy atom. The van der Waals surface area contributed by atoms with Crippen LogP contribution < -0.4 is 9.46 Å². The molecule has 0 saturated heterocycles. The van der Waals surface area contributed by atoms with Crippen molar-refractivity contribution < 1.29 is 23.0 Å². The third-order valence-electron chi connectivity index (χ3n) is 2.63. The van der Waals surface area contributed by atoms with E-state index in [0.717, 1.165) is 0 Å². The van der Waals surface area contributed by atoms with Gasteiger partial charge in [0.15, 0.2) is 0 Å². The lowest BCUT2D eigenvalue weighted by atomic mass is 10.2. The molecule has 0 aromatic heterocycles. The van der Waals surface area contributed by atoms with Gasteiger partial charge in [0.25, 0.3) is 0 Å². The minimum atomic E-state index is -3.69. The van der Waals surface area contributed by atoms with Crippen molar-refractivity contribution in [2.24, 2.45) is 0 Å². The number of ether oxygens (including phenoxy) is 2. The molecule has 20 heavy (non-hydrogen) atoms. The third-order valence-corrected chi connectivity index (χ3v) is 4.26. The van der Waals surface area contributed by atoms with Crippen LogP contribution in [-0.4, -0.2) is 39.9 Å². The Hall–Kier alpha value is -1.15.